The topological polar surface area (TPSA) is 9.72 Å². The molecule has 0 unspecified atom stereocenters. The molecule has 0 atom stereocenters. The molecule has 0 spiro atoms. The molecule has 0 aromatic heterocycles. The monoisotopic (exact) mass is 1380 g/mol. The van der Waals surface area contributed by atoms with E-state index >= 15 is 0 Å². The molecule has 0 bridgehead atoms. The van der Waals surface area contributed by atoms with E-state index in [0.29, 0.717) is 13.0 Å². The van der Waals surface area contributed by atoms with Gasteiger partial charge in [0.05, 0.1) is 0 Å². The van der Waals surface area contributed by atoms with Gasteiger partial charge in [0.15, 0.2) is 0 Å². The molecular weight excluding hydrogens is 1220 g/mol. The molecule has 91 heavy (non-hydrogen) atoms. The fourth-order valence-corrected chi connectivity index (χ4v) is 13.8. The van der Waals surface area contributed by atoms with Crippen molar-refractivity contribution in [1.82, 2.24) is 14.7 Å². The van der Waals surface area contributed by atoms with E-state index in [1.54, 1.807) is 0 Å². The second-order valence-electron chi connectivity index (χ2n) is 28.0. The SMILES string of the molecule is CCCCCCCCCCCCCN(CCCCCCCCCCCCC)C(=S)[S-].CCCCCCCCCCCCCN(CCCCCCCCCCCCC)C(=S)[S-].CCCCCCCCCCCCCN(CCCCCCCCCCCCC)C(=S)[S-].[B+3]. The van der Waals surface area contributed by atoms with Crippen LogP contribution in [0.5, 0.6) is 0 Å². The summed E-state index contributed by atoms with van der Waals surface area (Å²) in [6.07, 6.45) is 92.0. The third-order valence-electron chi connectivity index (χ3n) is 19.0. The Labute approximate surface area is 610 Å². The zero-order valence-electron chi connectivity index (χ0n) is 62.8. The number of hydrogen-bond acceptors (Lipinski definition) is 6. The molecule has 0 fully saturated rings. The average Bonchev–Trinajstić information content (AvgIpc) is 3.71. The molecule has 540 valence electrons. The number of nitrogens with zero attached hydrogens (tertiary/aromatic N) is 3. The number of thiocarbonyl (C=S) groups is 3. The van der Waals surface area contributed by atoms with E-state index < -0.39 is 0 Å². The Morgan fingerprint density at radius 3 is 0.319 bits per heavy atom. The summed E-state index contributed by atoms with van der Waals surface area (Å²) in [6, 6.07) is 0. The van der Waals surface area contributed by atoms with Gasteiger partial charge in [-0.25, -0.2) is 0 Å². The largest absolute Gasteiger partial charge is 3.00 e. The predicted octanol–water partition coefficient (Wildman–Crippen LogP) is 28.8. The summed E-state index contributed by atoms with van der Waals surface area (Å²) in [6.45, 7) is 20.2. The molecule has 3 nitrogen and oxygen atoms in total. The maximum Gasteiger partial charge on any atom is 3.00 e. The molecule has 0 heterocycles. The van der Waals surface area contributed by atoms with Gasteiger partial charge in [-0.2, -0.15) is 0 Å². The molecule has 0 saturated carbocycles. The Morgan fingerprint density at radius 2 is 0.242 bits per heavy atom. The van der Waals surface area contributed by atoms with Crippen LogP contribution in [0.4, 0.5) is 0 Å². The van der Waals surface area contributed by atoms with E-state index in [2.05, 4.69) is 56.2 Å². The average molecular weight is 1380 g/mol. The van der Waals surface area contributed by atoms with Crippen LogP contribution in [0.2, 0.25) is 0 Å². The minimum absolute atomic E-state index is 0. The molecule has 0 aromatic carbocycles. The maximum atomic E-state index is 5.32. The second kappa shape index (κ2) is 88.4. The van der Waals surface area contributed by atoms with Crippen molar-refractivity contribution in [3.05, 3.63) is 0 Å². The molecule has 10 heteroatoms. The Balaban J connectivity index is -0.000000620. The smallest absolute Gasteiger partial charge is 0.411 e. The minimum Gasteiger partial charge on any atom is -0.411 e. The van der Waals surface area contributed by atoms with Gasteiger partial charge < -0.3 is 89.2 Å². The van der Waals surface area contributed by atoms with Gasteiger partial charge in [0.2, 0.25) is 0 Å². The van der Waals surface area contributed by atoms with Crippen molar-refractivity contribution in [3.63, 3.8) is 0 Å². The van der Waals surface area contributed by atoms with Gasteiger partial charge in [0.25, 0.3) is 0 Å². The van der Waals surface area contributed by atoms with Gasteiger partial charge in [-0.3, -0.25) is 0 Å². The molecule has 0 aliphatic rings. The van der Waals surface area contributed by atoms with Gasteiger partial charge in [-0.05, 0) is 38.5 Å². The van der Waals surface area contributed by atoms with Crippen molar-refractivity contribution in [3.8, 4) is 0 Å². The van der Waals surface area contributed by atoms with Crippen LogP contribution < -0.4 is 0 Å². The zero-order chi connectivity index (χ0) is 66.4. The molecule has 0 saturated heterocycles. The zero-order valence-corrected chi connectivity index (χ0v) is 67.7. The van der Waals surface area contributed by atoms with Crippen LogP contribution in [0.15, 0.2) is 0 Å². The van der Waals surface area contributed by atoms with E-state index in [1.165, 1.54) is 424 Å². The minimum atomic E-state index is 0. The Kier molecular flexibility index (Phi) is 95.0. The molecule has 0 rings (SSSR count). The number of rotatable bonds is 72. The molecule has 0 amide bonds. The summed E-state index contributed by atoms with van der Waals surface area (Å²) in [7, 11) is 0. The normalized spacial score (nSPS) is 11.0. The van der Waals surface area contributed by atoms with Crippen LogP contribution in [-0.4, -0.2) is 75.3 Å². The van der Waals surface area contributed by atoms with Gasteiger partial charge in [-0.15, -0.1) is 0 Å². The van der Waals surface area contributed by atoms with Crippen LogP contribution in [0.3, 0.4) is 0 Å². The summed E-state index contributed by atoms with van der Waals surface area (Å²) in [5.74, 6) is 0. The van der Waals surface area contributed by atoms with Crippen molar-refractivity contribution in [1.29, 1.82) is 0 Å². The van der Waals surface area contributed by atoms with Gasteiger partial charge in [0, 0.05) is 39.3 Å². The Morgan fingerprint density at radius 1 is 0.165 bits per heavy atom. The first kappa shape index (κ1) is 97.8. The van der Waals surface area contributed by atoms with Crippen LogP contribution in [0, 0.1) is 0 Å². The summed E-state index contributed by atoms with van der Waals surface area (Å²) in [5, 5.41) is 0. The van der Waals surface area contributed by atoms with Crippen molar-refractivity contribution in [2.75, 3.05) is 39.3 Å². The fraction of sp³-hybridized carbons (Fsp3) is 0.963. The van der Waals surface area contributed by atoms with Gasteiger partial charge in [-0.1, -0.05) is 440 Å². The summed E-state index contributed by atoms with van der Waals surface area (Å²) in [5.41, 5.74) is 0. The van der Waals surface area contributed by atoms with E-state index in [4.69, 9.17) is 74.5 Å². The van der Waals surface area contributed by atoms with Crippen LogP contribution in [-0.2, 0) is 37.9 Å². The van der Waals surface area contributed by atoms with Crippen LogP contribution >= 0.6 is 36.7 Å². The first-order valence-corrected chi connectivity index (χ1v) is 43.5. The molecule has 0 N–H and O–H groups in total. The number of unbranched alkanes of at least 4 members (excludes halogenated alkanes) is 60. The predicted molar refractivity (Wildman–Crippen MR) is 439 cm³/mol. The first-order valence-electron chi connectivity index (χ1n) is 41.0. The standard InChI is InChI=1S/3C27H55NS2.B/c3*1-3-5-7-9-11-13-15-17-19-21-23-25-28(27(29)30)26-24-22-20-18-16-14-12-10-8-6-4-2;/h3*3-26H2,1-2H3,(H,29,30);/q;;;+3/p-3. The Bertz CT molecular complexity index is 1120. The molecular formula is C81H162BN3S6. The van der Waals surface area contributed by atoms with E-state index in [1.807, 2.05) is 0 Å². The van der Waals surface area contributed by atoms with Gasteiger partial charge >= 0.3 is 8.41 Å². The van der Waals surface area contributed by atoms with Crippen molar-refractivity contribution in [2.45, 2.75) is 465 Å². The maximum absolute atomic E-state index is 5.32. The van der Waals surface area contributed by atoms with E-state index in [9.17, 15) is 0 Å². The van der Waals surface area contributed by atoms with Crippen LogP contribution in [0.25, 0.3) is 0 Å². The summed E-state index contributed by atoms with van der Waals surface area (Å²) >= 11 is 31.9. The summed E-state index contributed by atoms with van der Waals surface area (Å²) in [4.78, 5) is 6.85. The molecule has 0 radical (unpaired) electrons. The van der Waals surface area contributed by atoms with Crippen molar-refractivity contribution >= 4 is 95.9 Å². The van der Waals surface area contributed by atoms with E-state index in [-0.39, 0.29) is 8.41 Å². The first-order chi connectivity index (χ1) is 44.2. The van der Waals surface area contributed by atoms with Gasteiger partial charge in [0.1, 0.15) is 0 Å². The Hall–Kier alpha value is 0.395. The van der Waals surface area contributed by atoms with Crippen LogP contribution in [0.1, 0.15) is 465 Å². The molecule has 0 aliphatic heterocycles. The fourth-order valence-electron chi connectivity index (χ4n) is 12.7. The second-order valence-corrected chi connectivity index (χ2v) is 31.1. The third-order valence-corrected chi connectivity index (χ3v) is 20.5. The van der Waals surface area contributed by atoms with Crippen molar-refractivity contribution < 1.29 is 0 Å². The quantitative estimate of drug-likeness (QED) is 0.0253. The summed E-state index contributed by atoms with van der Waals surface area (Å²) < 4.78 is 2.07. The number of hydrogen-bond donors (Lipinski definition) is 0. The third kappa shape index (κ3) is 86.4. The van der Waals surface area contributed by atoms with E-state index in [0.717, 1.165) is 39.3 Å². The van der Waals surface area contributed by atoms with Crippen molar-refractivity contribution in [2.24, 2.45) is 0 Å². The molecule has 0 aliphatic carbocycles. The molecule has 0 aromatic rings.